The number of ether oxygens (including phenoxy) is 1. The van der Waals surface area contributed by atoms with Crippen molar-refractivity contribution >= 4 is 17.7 Å². The van der Waals surface area contributed by atoms with Crippen LogP contribution < -0.4 is 4.74 Å². The van der Waals surface area contributed by atoms with Crippen molar-refractivity contribution in [1.82, 2.24) is 0 Å². The molecule has 0 radical (unpaired) electrons. The zero-order valence-electron chi connectivity index (χ0n) is 7.81. The van der Waals surface area contributed by atoms with Crippen molar-refractivity contribution in [2.45, 2.75) is 0 Å². The number of halogens is 1. The van der Waals surface area contributed by atoms with E-state index in [4.69, 9.17) is 16.3 Å². The predicted octanol–water partition coefficient (Wildman–Crippen LogP) is 2.30. The molecule has 5 nitrogen and oxygen atoms in total. The van der Waals surface area contributed by atoms with Gasteiger partial charge in [-0.05, 0) is 17.7 Å². The van der Waals surface area contributed by atoms with Gasteiger partial charge in [0.2, 0.25) is 6.20 Å². The van der Waals surface area contributed by atoms with Crippen LogP contribution in [0.15, 0.2) is 18.3 Å². The fraction of sp³-hybridized carbons (Fsp3) is 0.111. The molecule has 0 bridgehead atoms. The van der Waals surface area contributed by atoms with Gasteiger partial charge in [-0.3, -0.25) is 10.1 Å². The number of hydrogen-bond acceptors (Lipinski definition) is 4. The molecule has 0 aliphatic carbocycles. The summed E-state index contributed by atoms with van der Waals surface area (Å²) in [6.07, 6.45) is 2.04. The smallest absolute Gasteiger partial charge is 0.235 e. The largest absolute Gasteiger partial charge is 0.503 e. The Balaban J connectivity index is 3.11. The maximum absolute atomic E-state index is 10.1. The second-order valence-electron chi connectivity index (χ2n) is 2.65. The first kappa shape index (κ1) is 11.3. The standard InChI is InChI=1S/C9H8ClNO4/c1-15-8-5-6(2-3-11(13)14)4-7(10)9(8)12/h2-5,12H,1H3/b3-2+. The van der Waals surface area contributed by atoms with E-state index in [0.29, 0.717) is 5.56 Å². The molecule has 80 valence electrons. The first-order valence-electron chi connectivity index (χ1n) is 3.93. The van der Waals surface area contributed by atoms with Gasteiger partial charge in [0, 0.05) is 6.08 Å². The predicted molar refractivity (Wildman–Crippen MR) is 55.7 cm³/mol. The van der Waals surface area contributed by atoms with Gasteiger partial charge in [0.15, 0.2) is 11.5 Å². The van der Waals surface area contributed by atoms with Crippen molar-refractivity contribution in [3.8, 4) is 11.5 Å². The molecule has 0 heterocycles. The molecule has 0 unspecified atom stereocenters. The van der Waals surface area contributed by atoms with Crippen LogP contribution in [0.4, 0.5) is 0 Å². The molecular formula is C9H8ClNO4. The Morgan fingerprint density at radius 3 is 2.80 bits per heavy atom. The van der Waals surface area contributed by atoms with Crippen LogP contribution in [0.1, 0.15) is 5.56 Å². The van der Waals surface area contributed by atoms with Gasteiger partial charge in [-0.1, -0.05) is 11.6 Å². The molecule has 0 aromatic heterocycles. The Morgan fingerprint density at radius 1 is 1.60 bits per heavy atom. The summed E-state index contributed by atoms with van der Waals surface area (Å²) in [6, 6.07) is 2.85. The van der Waals surface area contributed by atoms with Crippen LogP contribution in [0.25, 0.3) is 6.08 Å². The summed E-state index contributed by atoms with van der Waals surface area (Å²) in [5, 5.41) is 19.5. The Labute approximate surface area is 90.7 Å². The van der Waals surface area contributed by atoms with Crippen LogP contribution in [0.2, 0.25) is 5.02 Å². The Hall–Kier alpha value is -1.75. The number of rotatable bonds is 3. The molecule has 0 aliphatic heterocycles. The van der Waals surface area contributed by atoms with Crippen LogP contribution in [0.5, 0.6) is 11.5 Å². The fourth-order valence-electron chi connectivity index (χ4n) is 0.993. The first-order valence-corrected chi connectivity index (χ1v) is 4.30. The summed E-state index contributed by atoms with van der Waals surface area (Å²) in [5.74, 6) is -0.0112. The zero-order valence-corrected chi connectivity index (χ0v) is 8.56. The van der Waals surface area contributed by atoms with Crippen LogP contribution in [0, 0.1) is 10.1 Å². The lowest BCUT2D eigenvalue weighted by molar-refractivity contribution is -0.400. The number of phenolic OH excluding ortho intramolecular Hbond substituents is 1. The number of nitro groups is 1. The summed E-state index contributed by atoms with van der Waals surface area (Å²) in [6.45, 7) is 0. The molecule has 6 heteroatoms. The number of aromatic hydroxyl groups is 1. The molecule has 0 spiro atoms. The summed E-state index contributed by atoms with van der Waals surface area (Å²) in [7, 11) is 1.37. The zero-order chi connectivity index (χ0) is 11.4. The second-order valence-corrected chi connectivity index (χ2v) is 3.06. The van der Waals surface area contributed by atoms with Gasteiger partial charge in [-0.15, -0.1) is 0 Å². The molecule has 0 atom stereocenters. The number of nitrogens with zero attached hydrogens (tertiary/aromatic N) is 1. The Kier molecular flexibility index (Phi) is 3.51. The molecule has 0 amide bonds. The highest BCUT2D eigenvalue weighted by molar-refractivity contribution is 6.32. The van der Waals surface area contributed by atoms with E-state index in [2.05, 4.69) is 0 Å². The minimum Gasteiger partial charge on any atom is -0.503 e. The van der Waals surface area contributed by atoms with Gasteiger partial charge in [-0.2, -0.15) is 0 Å². The summed E-state index contributed by atoms with van der Waals surface area (Å²) in [4.78, 5) is 9.49. The maximum Gasteiger partial charge on any atom is 0.235 e. The molecular weight excluding hydrogens is 222 g/mol. The SMILES string of the molecule is COc1cc(/C=C/[N+](=O)[O-])cc(Cl)c1O. The highest BCUT2D eigenvalue weighted by Gasteiger charge is 2.07. The number of methoxy groups -OCH3 is 1. The molecule has 0 saturated carbocycles. The molecule has 1 rings (SSSR count). The third-order valence-corrected chi connectivity index (χ3v) is 1.95. The fourth-order valence-corrected chi connectivity index (χ4v) is 1.21. The second kappa shape index (κ2) is 4.65. The monoisotopic (exact) mass is 229 g/mol. The van der Waals surface area contributed by atoms with Crippen molar-refractivity contribution in [1.29, 1.82) is 0 Å². The van der Waals surface area contributed by atoms with Crippen LogP contribution >= 0.6 is 11.6 Å². The van der Waals surface area contributed by atoms with Crippen molar-refractivity contribution in [3.63, 3.8) is 0 Å². The van der Waals surface area contributed by atoms with Gasteiger partial charge in [0.05, 0.1) is 17.1 Å². The van der Waals surface area contributed by atoms with Crippen molar-refractivity contribution < 1.29 is 14.8 Å². The van der Waals surface area contributed by atoms with E-state index in [-0.39, 0.29) is 16.5 Å². The van der Waals surface area contributed by atoms with Crippen LogP contribution in [-0.4, -0.2) is 17.1 Å². The van der Waals surface area contributed by atoms with Crippen LogP contribution in [-0.2, 0) is 0 Å². The third kappa shape index (κ3) is 2.85. The normalized spacial score (nSPS) is 10.5. The van der Waals surface area contributed by atoms with Crippen molar-refractivity contribution in [3.05, 3.63) is 39.0 Å². The summed E-state index contributed by atoms with van der Waals surface area (Å²) >= 11 is 5.68. The van der Waals surface area contributed by atoms with Crippen molar-refractivity contribution in [2.24, 2.45) is 0 Å². The van der Waals surface area contributed by atoms with E-state index in [1.54, 1.807) is 0 Å². The van der Waals surface area contributed by atoms with E-state index in [9.17, 15) is 15.2 Å². The maximum atomic E-state index is 10.1. The van der Waals surface area contributed by atoms with Gasteiger partial charge in [0.1, 0.15) is 0 Å². The van der Waals surface area contributed by atoms with Gasteiger partial charge in [0.25, 0.3) is 0 Å². The molecule has 0 saturated heterocycles. The molecule has 1 N–H and O–H groups in total. The average Bonchev–Trinajstić information content (AvgIpc) is 2.19. The Bertz CT molecular complexity index is 417. The highest BCUT2D eigenvalue weighted by Crippen LogP contribution is 2.35. The van der Waals surface area contributed by atoms with E-state index in [1.807, 2.05) is 0 Å². The van der Waals surface area contributed by atoms with E-state index in [0.717, 1.165) is 6.20 Å². The first-order chi connectivity index (χ1) is 7.04. The van der Waals surface area contributed by atoms with Gasteiger partial charge in [-0.25, -0.2) is 0 Å². The van der Waals surface area contributed by atoms with Gasteiger partial charge >= 0.3 is 0 Å². The molecule has 0 fully saturated rings. The summed E-state index contributed by atoms with van der Waals surface area (Å²) in [5.41, 5.74) is 0.478. The quantitative estimate of drug-likeness (QED) is 0.638. The van der Waals surface area contributed by atoms with Crippen LogP contribution in [0.3, 0.4) is 0 Å². The molecule has 1 aromatic carbocycles. The lowest BCUT2D eigenvalue weighted by Gasteiger charge is -2.05. The van der Waals surface area contributed by atoms with E-state index >= 15 is 0 Å². The van der Waals surface area contributed by atoms with E-state index in [1.165, 1.54) is 25.3 Å². The van der Waals surface area contributed by atoms with Gasteiger partial charge < -0.3 is 9.84 Å². The summed E-state index contributed by atoms with van der Waals surface area (Å²) < 4.78 is 4.84. The Morgan fingerprint density at radius 2 is 2.27 bits per heavy atom. The third-order valence-electron chi connectivity index (χ3n) is 1.66. The number of hydrogen-bond donors (Lipinski definition) is 1. The molecule has 1 aromatic rings. The average molecular weight is 230 g/mol. The van der Waals surface area contributed by atoms with Crippen molar-refractivity contribution in [2.75, 3.05) is 7.11 Å². The van der Waals surface area contributed by atoms with E-state index < -0.39 is 4.92 Å². The molecule has 0 aliphatic rings. The highest BCUT2D eigenvalue weighted by atomic mass is 35.5. The molecule has 15 heavy (non-hydrogen) atoms. The number of phenols is 1. The minimum absolute atomic E-state index is 0.0809. The lowest BCUT2D eigenvalue weighted by atomic mass is 10.2. The minimum atomic E-state index is -0.590. The topological polar surface area (TPSA) is 72.6 Å². The number of benzene rings is 1. The lowest BCUT2D eigenvalue weighted by Crippen LogP contribution is -1.87.